The molecule has 0 saturated carbocycles. The molecule has 1 atom stereocenters. The normalized spacial score (nSPS) is 19.3. The van der Waals surface area contributed by atoms with Crippen LogP contribution in [-0.4, -0.2) is 68.5 Å². The van der Waals surface area contributed by atoms with Crippen LogP contribution in [0, 0.1) is 0 Å². The van der Waals surface area contributed by atoms with E-state index in [-0.39, 0.29) is 12.0 Å². The van der Waals surface area contributed by atoms with Gasteiger partial charge in [-0.1, -0.05) is 6.07 Å². The second-order valence-electron chi connectivity index (χ2n) is 10.3. The average molecular weight is 502 g/mol. The molecule has 6 rings (SSSR count). The lowest BCUT2D eigenvalue weighted by Crippen LogP contribution is -2.40. The fourth-order valence-electron chi connectivity index (χ4n) is 5.84. The van der Waals surface area contributed by atoms with Crippen LogP contribution in [0.1, 0.15) is 46.3 Å². The van der Waals surface area contributed by atoms with Crippen LogP contribution in [0.5, 0.6) is 5.75 Å². The number of morpholine rings is 1. The highest BCUT2D eigenvalue weighted by Gasteiger charge is 2.27. The van der Waals surface area contributed by atoms with E-state index in [1.807, 2.05) is 29.2 Å². The first-order chi connectivity index (χ1) is 18.2. The Morgan fingerprint density at radius 3 is 2.70 bits per heavy atom. The number of nitrogens with zero attached hydrogens (tertiary/aromatic N) is 3. The first-order valence-electron chi connectivity index (χ1n) is 13.5. The quantitative estimate of drug-likeness (QED) is 0.479. The summed E-state index contributed by atoms with van der Waals surface area (Å²) >= 11 is 0. The van der Waals surface area contributed by atoms with E-state index in [1.165, 1.54) is 17.5 Å². The van der Waals surface area contributed by atoms with Gasteiger partial charge in [-0.15, -0.1) is 0 Å². The molecule has 1 aromatic heterocycles. The zero-order valence-electron chi connectivity index (χ0n) is 21.6. The van der Waals surface area contributed by atoms with Crippen molar-refractivity contribution < 1.29 is 19.0 Å². The number of amides is 1. The van der Waals surface area contributed by atoms with Gasteiger partial charge in [-0.3, -0.25) is 4.79 Å². The van der Waals surface area contributed by atoms with E-state index in [1.54, 1.807) is 7.11 Å². The summed E-state index contributed by atoms with van der Waals surface area (Å²) in [6.45, 7) is 4.76. The van der Waals surface area contributed by atoms with Gasteiger partial charge in [-0.25, -0.2) is 4.98 Å². The molecule has 2 aromatic carbocycles. The van der Waals surface area contributed by atoms with Crippen molar-refractivity contribution in [2.45, 2.75) is 44.8 Å². The van der Waals surface area contributed by atoms with Gasteiger partial charge in [0.05, 0.1) is 31.9 Å². The number of carbonyl (C=O) groups excluding carboxylic acids is 1. The van der Waals surface area contributed by atoms with Crippen molar-refractivity contribution in [3.63, 3.8) is 0 Å². The molecule has 3 aliphatic rings. The predicted molar refractivity (Wildman–Crippen MR) is 144 cm³/mol. The second-order valence-corrected chi connectivity index (χ2v) is 10.3. The lowest BCUT2D eigenvalue weighted by molar-refractivity contribution is 0.0507. The van der Waals surface area contributed by atoms with Gasteiger partial charge >= 0.3 is 0 Å². The molecule has 2 saturated heterocycles. The SMILES string of the molecule is COc1cccc(C(=O)N(Cc2cc3cc4c(cc3nc2N2CCOCC2)CCC4)CC2CCCO2)c1. The van der Waals surface area contributed by atoms with Crippen molar-refractivity contribution in [1.29, 1.82) is 0 Å². The van der Waals surface area contributed by atoms with Crippen molar-refractivity contribution in [1.82, 2.24) is 9.88 Å². The number of rotatable bonds is 7. The average Bonchev–Trinajstić information content (AvgIpc) is 3.63. The minimum absolute atomic E-state index is 0.0172. The molecule has 7 nitrogen and oxygen atoms in total. The smallest absolute Gasteiger partial charge is 0.254 e. The predicted octanol–water partition coefficient (Wildman–Crippen LogP) is 4.39. The van der Waals surface area contributed by atoms with E-state index < -0.39 is 0 Å². The fourth-order valence-corrected chi connectivity index (χ4v) is 5.84. The molecule has 0 spiro atoms. The summed E-state index contributed by atoms with van der Waals surface area (Å²) in [5, 5.41) is 1.15. The number of fused-ring (bicyclic) bond motifs is 2. The van der Waals surface area contributed by atoms with E-state index in [2.05, 4.69) is 23.1 Å². The maximum atomic E-state index is 13.9. The van der Waals surface area contributed by atoms with E-state index in [4.69, 9.17) is 19.2 Å². The van der Waals surface area contributed by atoms with Crippen LogP contribution in [0.15, 0.2) is 42.5 Å². The number of aryl methyl sites for hydroxylation is 2. The van der Waals surface area contributed by atoms with Gasteiger partial charge in [0.1, 0.15) is 11.6 Å². The highest BCUT2D eigenvalue weighted by molar-refractivity contribution is 5.95. The minimum atomic E-state index is -0.0172. The van der Waals surface area contributed by atoms with Gasteiger partial charge < -0.3 is 24.0 Å². The van der Waals surface area contributed by atoms with Crippen LogP contribution in [-0.2, 0) is 28.9 Å². The Morgan fingerprint density at radius 1 is 1.08 bits per heavy atom. The van der Waals surface area contributed by atoms with Gasteiger partial charge in [-0.05, 0) is 79.6 Å². The summed E-state index contributed by atoms with van der Waals surface area (Å²) in [5.41, 5.74) is 5.59. The summed E-state index contributed by atoms with van der Waals surface area (Å²) in [6, 6.07) is 14.3. The van der Waals surface area contributed by atoms with Gasteiger partial charge in [0.25, 0.3) is 5.91 Å². The fraction of sp³-hybridized carbons (Fsp3) is 0.467. The molecule has 0 bridgehead atoms. The summed E-state index contributed by atoms with van der Waals surface area (Å²) in [6.07, 6.45) is 5.53. The van der Waals surface area contributed by atoms with E-state index in [9.17, 15) is 4.79 Å². The number of hydrogen-bond acceptors (Lipinski definition) is 6. The first kappa shape index (κ1) is 24.2. The largest absolute Gasteiger partial charge is 0.497 e. The molecule has 0 radical (unpaired) electrons. The molecule has 3 aromatic rings. The van der Waals surface area contributed by atoms with Crippen molar-refractivity contribution in [3.05, 3.63) is 64.7 Å². The zero-order valence-corrected chi connectivity index (χ0v) is 21.6. The Labute approximate surface area is 218 Å². The van der Waals surface area contributed by atoms with Crippen LogP contribution in [0.3, 0.4) is 0 Å². The summed E-state index contributed by atoms with van der Waals surface area (Å²) in [7, 11) is 1.62. The third-order valence-corrected chi connectivity index (χ3v) is 7.81. The van der Waals surface area contributed by atoms with E-state index >= 15 is 0 Å². The van der Waals surface area contributed by atoms with Crippen molar-refractivity contribution >= 4 is 22.6 Å². The Kier molecular flexibility index (Phi) is 6.98. The van der Waals surface area contributed by atoms with Crippen LogP contribution < -0.4 is 9.64 Å². The number of pyridine rings is 1. The Hall–Kier alpha value is -3.16. The third kappa shape index (κ3) is 5.15. The molecule has 0 N–H and O–H groups in total. The monoisotopic (exact) mass is 501 g/mol. The molecule has 1 amide bonds. The van der Waals surface area contributed by atoms with Gasteiger partial charge in [-0.2, -0.15) is 0 Å². The van der Waals surface area contributed by atoms with E-state index in [0.717, 1.165) is 67.7 Å². The van der Waals surface area contributed by atoms with Crippen LogP contribution in [0.25, 0.3) is 10.9 Å². The number of aromatic nitrogens is 1. The van der Waals surface area contributed by atoms with E-state index in [0.29, 0.717) is 37.6 Å². The Morgan fingerprint density at radius 2 is 1.92 bits per heavy atom. The molecule has 3 heterocycles. The molecule has 2 fully saturated rings. The minimum Gasteiger partial charge on any atom is -0.497 e. The maximum Gasteiger partial charge on any atom is 0.254 e. The Balaban J connectivity index is 1.39. The summed E-state index contributed by atoms with van der Waals surface area (Å²) < 4.78 is 17.0. The molecule has 1 unspecified atom stereocenters. The number of methoxy groups -OCH3 is 1. The van der Waals surface area contributed by atoms with Crippen molar-refractivity contribution in [2.75, 3.05) is 51.5 Å². The summed E-state index contributed by atoms with van der Waals surface area (Å²) in [4.78, 5) is 23.3. The lowest BCUT2D eigenvalue weighted by atomic mass is 10.0. The second kappa shape index (κ2) is 10.7. The molecule has 37 heavy (non-hydrogen) atoms. The van der Waals surface area contributed by atoms with Crippen LogP contribution in [0.2, 0.25) is 0 Å². The number of benzene rings is 2. The lowest BCUT2D eigenvalue weighted by Gasteiger charge is -2.32. The number of hydrogen-bond donors (Lipinski definition) is 0. The van der Waals surface area contributed by atoms with Gasteiger partial charge in [0, 0.05) is 49.3 Å². The van der Waals surface area contributed by atoms with Crippen molar-refractivity contribution in [3.8, 4) is 5.75 Å². The van der Waals surface area contributed by atoms with Crippen LogP contribution in [0.4, 0.5) is 5.82 Å². The highest BCUT2D eigenvalue weighted by atomic mass is 16.5. The summed E-state index contributed by atoms with van der Waals surface area (Å²) in [5.74, 6) is 1.62. The van der Waals surface area contributed by atoms with Crippen LogP contribution >= 0.6 is 0 Å². The number of carbonyl (C=O) groups is 1. The topological polar surface area (TPSA) is 64.1 Å². The maximum absolute atomic E-state index is 13.9. The first-order valence-corrected chi connectivity index (χ1v) is 13.5. The molecule has 1 aliphatic carbocycles. The molecule has 2 aliphatic heterocycles. The standard InChI is InChI=1S/C30H35N3O4/c1-35-26-8-3-7-23(17-26)30(34)33(20-27-9-4-12-37-27)19-25-16-24-15-21-5-2-6-22(21)18-28(24)31-29(25)32-10-13-36-14-11-32/h3,7-8,15-18,27H,2,4-6,9-14,19-20H2,1H3. The zero-order chi connectivity index (χ0) is 25.2. The molecular formula is C30H35N3O4. The molecule has 194 valence electrons. The van der Waals surface area contributed by atoms with Crippen molar-refractivity contribution in [2.24, 2.45) is 0 Å². The Bertz CT molecular complexity index is 1280. The molecule has 7 heteroatoms. The molecular weight excluding hydrogens is 466 g/mol. The van der Waals surface area contributed by atoms with Gasteiger partial charge in [0.15, 0.2) is 0 Å². The highest BCUT2D eigenvalue weighted by Crippen LogP contribution is 2.32. The third-order valence-electron chi connectivity index (χ3n) is 7.81. The number of ether oxygens (including phenoxy) is 3. The van der Waals surface area contributed by atoms with Gasteiger partial charge in [0.2, 0.25) is 0 Å². The number of anilines is 1.